The molecule has 3 aromatic carbocycles. The molecule has 1 heterocycles. The fourth-order valence-corrected chi connectivity index (χ4v) is 3.69. The number of fused-ring (bicyclic) bond motifs is 1. The predicted molar refractivity (Wildman–Crippen MR) is 116 cm³/mol. The van der Waals surface area contributed by atoms with Crippen LogP contribution in [-0.4, -0.2) is 10.1 Å². The van der Waals surface area contributed by atoms with Crippen LogP contribution in [0.15, 0.2) is 72.8 Å². The highest BCUT2D eigenvalue weighted by molar-refractivity contribution is 5.86. The van der Waals surface area contributed by atoms with Crippen molar-refractivity contribution >= 4 is 16.6 Å². The van der Waals surface area contributed by atoms with E-state index in [4.69, 9.17) is 0 Å². The highest BCUT2D eigenvalue weighted by Crippen LogP contribution is 2.37. The van der Waals surface area contributed by atoms with Gasteiger partial charge in [-0.05, 0) is 50.1 Å². The summed E-state index contributed by atoms with van der Waals surface area (Å²) in [5.41, 5.74) is 6.90. The van der Waals surface area contributed by atoms with Gasteiger partial charge in [0, 0.05) is 22.3 Å². The number of aromatic hydroxyl groups is 1. The number of rotatable bonds is 4. The number of phenols is 1. The van der Waals surface area contributed by atoms with Crippen molar-refractivity contribution in [3.05, 3.63) is 101 Å². The molecule has 0 radical (unpaired) electrons. The number of hydrogen-bond donors (Lipinski definition) is 2. The van der Waals surface area contributed by atoms with Crippen LogP contribution >= 0.6 is 0 Å². The molecule has 0 fully saturated rings. The number of pyridine rings is 1. The number of hydrogen-bond acceptors (Lipinski definition) is 3. The quantitative estimate of drug-likeness (QED) is 0.460. The number of phenolic OH excluding ortho intramolecular Hbond substituents is 1. The molecule has 0 aliphatic heterocycles. The van der Waals surface area contributed by atoms with Crippen molar-refractivity contribution in [3.63, 3.8) is 0 Å². The molecule has 28 heavy (non-hydrogen) atoms. The van der Waals surface area contributed by atoms with Crippen LogP contribution in [-0.2, 0) is 0 Å². The molecule has 4 rings (SSSR count). The van der Waals surface area contributed by atoms with Crippen molar-refractivity contribution < 1.29 is 5.11 Å². The standard InChI is InChI=1S/C25H24N2O/c1-16-9-13-21(17(2)15-16)24(27-20-7-5-4-6-8-20)22-14-12-19-11-10-18(3)26-23(19)25(22)28/h4-15,24,27-28H,1-3H3. The summed E-state index contributed by atoms with van der Waals surface area (Å²) in [5, 5.41) is 15.7. The van der Waals surface area contributed by atoms with Crippen molar-refractivity contribution in [2.45, 2.75) is 26.8 Å². The summed E-state index contributed by atoms with van der Waals surface area (Å²) in [6.07, 6.45) is 0. The number of nitrogens with one attached hydrogen (secondary N) is 1. The summed E-state index contributed by atoms with van der Waals surface area (Å²) in [6.45, 7) is 6.15. The van der Waals surface area contributed by atoms with E-state index in [-0.39, 0.29) is 11.8 Å². The molecular weight excluding hydrogens is 344 g/mol. The summed E-state index contributed by atoms with van der Waals surface area (Å²) in [5.74, 6) is 0.231. The first-order valence-corrected chi connectivity index (χ1v) is 9.51. The molecule has 0 bridgehead atoms. The van der Waals surface area contributed by atoms with E-state index >= 15 is 0 Å². The zero-order chi connectivity index (χ0) is 19.7. The lowest BCUT2D eigenvalue weighted by Crippen LogP contribution is -2.14. The summed E-state index contributed by atoms with van der Waals surface area (Å²) in [6, 6.07) is 24.3. The average Bonchev–Trinajstić information content (AvgIpc) is 2.68. The third-order valence-electron chi connectivity index (χ3n) is 5.14. The van der Waals surface area contributed by atoms with Gasteiger partial charge in [-0.15, -0.1) is 0 Å². The molecule has 1 unspecified atom stereocenters. The van der Waals surface area contributed by atoms with Gasteiger partial charge in [-0.25, -0.2) is 4.98 Å². The van der Waals surface area contributed by atoms with Crippen LogP contribution in [0, 0.1) is 20.8 Å². The third-order valence-corrected chi connectivity index (χ3v) is 5.14. The lowest BCUT2D eigenvalue weighted by molar-refractivity contribution is 0.471. The molecule has 3 nitrogen and oxygen atoms in total. The molecule has 140 valence electrons. The first kappa shape index (κ1) is 18.1. The summed E-state index contributed by atoms with van der Waals surface area (Å²) < 4.78 is 0. The minimum absolute atomic E-state index is 0.185. The van der Waals surface area contributed by atoms with E-state index in [9.17, 15) is 5.11 Å². The van der Waals surface area contributed by atoms with Crippen LogP contribution < -0.4 is 5.32 Å². The van der Waals surface area contributed by atoms with Gasteiger partial charge in [0.15, 0.2) is 0 Å². The number of aromatic nitrogens is 1. The number of aryl methyl sites for hydroxylation is 3. The number of anilines is 1. The first-order chi connectivity index (χ1) is 13.5. The Morgan fingerprint density at radius 2 is 1.54 bits per heavy atom. The lowest BCUT2D eigenvalue weighted by atomic mass is 9.92. The minimum Gasteiger partial charge on any atom is -0.505 e. The van der Waals surface area contributed by atoms with Gasteiger partial charge in [-0.3, -0.25) is 0 Å². The van der Waals surface area contributed by atoms with Gasteiger partial charge >= 0.3 is 0 Å². The maximum absolute atomic E-state index is 11.1. The van der Waals surface area contributed by atoms with Crippen molar-refractivity contribution in [2.24, 2.45) is 0 Å². The van der Waals surface area contributed by atoms with E-state index in [1.807, 2.05) is 61.5 Å². The molecule has 2 N–H and O–H groups in total. The maximum atomic E-state index is 11.1. The van der Waals surface area contributed by atoms with Crippen molar-refractivity contribution in [1.82, 2.24) is 4.98 Å². The van der Waals surface area contributed by atoms with Crippen LogP contribution in [0.1, 0.15) is 34.0 Å². The summed E-state index contributed by atoms with van der Waals surface area (Å²) in [4.78, 5) is 4.58. The molecule has 0 saturated heterocycles. The second-order valence-corrected chi connectivity index (χ2v) is 7.33. The molecule has 0 saturated carbocycles. The molecule has 1 atom stereocenters. The Hall–Kier alpha value is -3.33. The van der Waals surface area contributed by atoms with Gasteiger partial charge < -0.3 is 10.4 Å². The fourth-order valence-electron chi connectivity index (χ4n) is 3.69. The zero-order valence-electron chi connectivity index (χ0n) is 16.4. The van der Waals surface area contributed by atoms with Crippen molar-refractivity contribution in [3.8, 4) is 5.75 Å². The van der Waals surface area contributed by atoms with Crippen molar-refractivity contribution in [1.29, 1.82) is 0 Å². The normalized spacial score (nSPS) is 12.1. The second kappa shape index (κ2) is 7.35. The smallest absolute Gasteiger partial charge is 0.147 e. The molecule has 0 amide bonds. The van der Waals surface area contributed by atoms with Gasteiger partial charge in [-0.1, -0.05) is 60.2 Å². The fraction of sp³-hybridized carbons (Fsp3) is 0.160. The van der Waals surface area contributed by atoms with E-state index in [2.05, 4.69) is 42.3 Å². The van der Waals surface area contributed by atoms with Crippen LogP contribution in [0.4, 0.5) is 5.69 Å². The van der Waals surface area contributed by atoms with Gasteiger partial charge in [0.25, 0.3) is 0 Å². The van der Waals surface area contributed by atoms with E-state index in [1.165, 1.54) is 11.1 Å². The van der Waals surface area contributed by atoms with Gasteiger partial charge in [-0.2, -0.15) is 0 Å². The Morgan fingerprint density at radius 1 is 0.821 bits per heavy atom. The van der Waals surface area contributed by atoms with Gasteiger partial charge in [0.1, 0.15) is 11.3 Å². The monoisotopic (exact) mass is 368 g/mol. The molecule has 3 heteroatoms. The number of benzene rings is 3. The molecule has 0 spiro atoms. The Balaban J connectivity index is 1.90. The SMILES string of the molecule is Cc1ccc(C(Nc2ccccc2)c2ccc3ccc(C)nc3c2O)c(C)c1. The van der Waals surface area contributed by atoms with Crippen molar-refractivity contribution in [2.75, 3.05) is 5.32 Å². The molecule has 0 aliphatic rings. The summed E-state index contributed by atoms with van der Waals surface area (Å²) >= 11 is 0. The van der Waals surface area contributed by atoms with Gasteiger partial charge in [0.2, 0.25) is 0 Å². The van der Waals surface area contributed by atoms with Crippen LogP contribution in [0.25, 0.3) is 10.9 Å². The van der Waals surface area contributed by atoms with E-state index in [0.29, 0.717) is 5.52 Å². The average molecular weight is 368 g/mol. The van der Waals surface area contributed by atoms with E-state index in [0.717, 1.165) is 27.9 Å². The van der Waals surface area contributed by atoms with Crippen LogP contribution in [0.2, 0.25) is 0 Å². The minimum atomic E-state index is -0.185. The highest BCUT2D eigenvalue weighted by atomic mass is 16.3. The van der Waals surface area contributed by atoms with Crippen LogP contribution in [0.5, 0.6) is 5.75 Å². The van der Waals surface area contributed by atoms with E-state index < -0.39 is 0 Å². The number of para-hydroxylation sites is 1. The topological polar surface area (TPSA) is 45.2 Å². The van der Waals surface area contributed by atoms with E-state index in [1.54, 1.807) is 0 Å². The predicted octanol–water partition coefficient (Wildman–Crippen LogP) is 6.07. The molecule has 0 aliphatic carbocycles. The Kier molecular flexibility index (Phi) is 4.74. The summed E-state index contributed by atoms with van der Waals surface area (Å²) in [7, 11) is 0. The molecular formula is C25H24N2O. The van der Waals surface area contributed by atoms with Gasteiger partial charge in [0.05, 0.1) is 6.04 Å². The first-order valence-electron chi connectivity index (χ1n) is 9.51. The highest BCUT2D eigenvalue weighted by Gasteiger charge is 2.21. The molecule has 4 aromatic rings. The number of nitrogens with zero attached hydrogens (tertiary/aromatic N) is 1. The van der Waals surface area contributed by atoms with Crippen LogP contribution in [0.3, 0.4) is 0 Å². The zero-order valence-corrected chi connectivity index (χ0v) is 16.4. The third kappa shape index (κ3) is 3.44. The lowest BCUT2D eigenvalue weighted by Gasteiger charge is -2.24. The molecule has 1 aromatic heterocycles. The maximum Gasteiger partial charge on any atom is 0.147 e. The second-order valence-electron chi connectivity index (χ2n) is 7.33. The largest absolute Gasteiger partial charge is 0.505 e. The Bertz CT molecular complexity index is 1140. The Labute approximate surface area is 165 Å². The Morgan fingerprint density at radius 3 is 2.29 bits per heavy atom.